The number of carbonyl (C=O) groups excluding carboxylic acids is 2. The van der Waals surface area contributed by atoms with E-state index in [2.05, 4.69) is 55.0 Å². The standard InChI is InChI=1S/C33H42Br2ClN3O3/c34-25-16-24-2-1-23-17-26(36)18-28(35)30(23)31(32(24)37-19-25)21-9-13-38(14-10-21)29(41)15-20-7-11-39(12-8-20)33(42)22-3-5-27(40)6-4-22/h16-23,27,30-31,40H,1-15H2/t22?,23?,27?,30?,31-/m1/s1. The molecule has 1 N–H and O–H groups in total. The summed E-state index contributed by atoms with van der Waals surface area (Å²) in [5.41, 5.74) is 2.55. The number of carbonyl (C=O) groups is 2. The van der Waals surface area contributed by atoms with Crippen molar-refractivity contribution in [2.24, 2.45) is 29.6 Å². The number of allylic oxidation sites excluding steroid dienone is 4. The Bertz CT molecular complexity index is 1230. The summed E-state index contributed by atoms with van der Waals surface area (Å²) in [5, 5.41) is 10.6. The maximum atomic E-state index is 13.4. The summed E-state index contributed by atoms with van der Waals surface area (Å²) >= 11 is 14.1. The number of aliphatic hydroxyl groups excluding tert-OH is 1. The first kappa shape index (κ1) is 30.8. The molecule has 1 aromatic heterocycles. The Balaban J connectivity index is 1.05. The fourth-order valence-electron chi connectivity index (χ4n) is 8.31. The lowest BCUT2D eigenvalue weighted by Crippen LogP contribution is -2.45. The van der Waals surface area contributed by atoms with Crippen molar-refractivity contribution in [3.63, 3.8) is 0 Å². The number of pyridine rings is 1. The van der Waals surface area contributed by atoms with Crippen molar-refractivity contribution in [1.82, 2.24) is 14.8 Å². The molecular formula is C33H42Br2ClN3O3. The maximum Gasteiger partial charge on any atom is 0.225 e. The monoisotopic (exact) mass is 721 g/mol. The minimum Gasteiger partial charge on any atom is -0.393 e. The number of aryl methyl sites for hydroxylation is 1. The Labute approximate surface area is 271 Å². The summed E-state index contributed by atoms with van der Waals surface area (Å²) in [6.45, 7) is 3.11. The van der Waals surface area contributed by atoms with Gasteiger partial charge in [-0.25, -0.2) is 0 Å². The van der Waals surface area contributed by atoms with Crippen LogP contribution < -0.4 is 0 Å². The van der Waals surface area contributed by atoms with Crippen LogP contribution in [-0.4, -0.2) is 64.0 Å². The summed E-state index contributed by atoms with van der Waals surface area (Å²) in [5.74, 6) is 2.39. The van der Waals surface area contributed by atoms with E-state index in [0.717, 1.165) is 99.9 Å². The number of halogens is 3. The molecule has 3 atom stereocenters. The van der Waals surface area contributed by atoms with E-state index in [0.29, 0.717) is 36.0 Å². The number of nitrogens with zero attached hydrogens (tertiary/aromatic N) is 3. The van der Waals surface area contributed by atoms with Gasteiger partial charge >= 0.3 is 0 Å². The van der Waals surface area contributed by atoms with Crippen LogP contribution in [0.2, 0.25) is 0 Å². The van der Waals surface area contributed by atoms with Crippen LogP contribution in [0.3, 0.4) is 0 Å². The smallest absolute Gasteiger partial charge is 0.225 e. The van der Waals surface area contributed by atoms with E-state index in [4.69, 9.17) is 16.6 Å². The Kier molecular flexibility index (Phi) is 9.83. The highest BCUT2D eigenvalue weighted by molar-refractivity contribution is 9.11. The average molecular weight is 724 g/mol. The van der Waals surface area contributed by atoms with Crippen molar-refractivity contribution in [3.8, 4) is 0 Å². The van der Waals surface area contributed by atoms with E-state index in [1.165, 1.54) is 15.7 Å². The number of hydrogen-bond donors (Lipinski definition) is 1. The zero-order chi connectivity index (χ0) is 29.4. The van der Waals surface area contributed by atoms with E-state index in [-0.39, 0.29) is 23.8 Å². The summed E-state index contributed by atoms with van der Waals surface area (Å²) in [4.78, 5) is 35.5. The second kappa shape index (κ2) is 13.4. The highest BCUT2D eigenvalue weighted by atomic mass is 79.9. The van der Waals surface area contributed by atoms with Crippen molar-refractivity contribution in [1.29, 1.82) is 0 Å². The summed E-state index contributed by atoms with van der Waals surface area (Å²) in [7, 11) is 0. The van der Waals surface area contributed by atoms with Crippen LogP contribution in [0.25, 0.3) is 0 Å². The zero-order valence-corrected chi connectivity index (χ0v) is 28.1. The third-order valence-electron chi connectivity index (χ3n) is 10.7. The highest BCUT2D eigenvalue weighted by Crippen LogP contribution is 2.52. The largest absolute Gasteiger partial charge is 0.393 e. The predicted molar refractivity (Wildman–Crippen MR) is 172 cm³/mol. The molecule has 42 heavy (non-hydrogen) atoms. The van der Waals surface area contributed by atoms with Crippen molar-refractivity contribution in [3.05, 3.63) is 49.7 Å². The topological polar surface area (TPSA) is 73.7 Å². The number of hydrogen-bond acceptors (Lipinski definition) is 4. The number of piperidine rings is 2. The lowest BCUT2D eigenvalue weighted by atomic mass is 9.69. The summed E-state index contributed by atoms with van der Waals surface area (Å²) < 4.78 is 2.20. The van der Waals surface area contributed by atoms with Gasteiger partial charge in [0, 0.05) is 76.2 Å². The van der Waals surface area contributed by atoms with E-state index >= 15 is 0 Å². The fraction of sp³-hybridized carbons (Fsp3) is 0.667. The molecule has 6 rings (SSSR count). The van der Waals surface area contributed by atoms with Gasteiger partial charge in [0.1, 0.15) is 0 Å². The normalized spacial score (nSPS) is 31.0. The Hall–Kier alpha value is -1.22. The van der Waals surface area contributed by atoms with Crippen LogP contribution in [0, 0.1) is 29.6 Å². The number of rotatable bonds is 4. The minimum absolute atomic E-state index is 0.0676. The lowest BCUT2D eigenvalue weighted by molar-refractivity contribution is -0.139. The molecule has 1 saturated carbocycles. The van der Waals surface area contributed by atoms with E-state index in [1.54, 1.807) is 0 Å². The molecule has 0 bridgehead atoms. The second-order valence-electron chi connectivity index (χ2n) is 13.2. The first-order valence-electron chi connectivity index (χ1n) is 15.9. The number of aromatic nitrogens is 1. The highest BCUT2D eigenvalue weighted by Gasteiger charge is 2.43. The minimum atomic E-state index is -0.239. The van der Waals surface area contributed by atoms with Gasteiger partial charge in [-0.2, -0.15) is 0 Å². The molecular weight excluding hydrogens is 682 g/mol. The van der Waals surface area contributed by atoms with E-state index < -0.39 is 0 Å². The van der Waals surface area contributed by atoms with E-state index in [9.17, 15) is 14.7 Å². The SMILES string of the molecule is O=C(CC1CCN(C(=O)C2CCC(O)CC2)CC1)N1CCC([C@H]2c3ncc(Br)cc3CCC3C=C(Cl)C=C(Br)C32)CC1. The fourth-order valence-corrected chi connectivity index (χ4v) is 9.97. The molecule has 2 unspecified atom stereocenters. The molecule has 3 fully saturated rings. The zero-order valence-electron chi connectivity index (χ0n) is 24.2. The number of amides is 2. The van der Waals surface area contributed by atoms with Crippen LogP contribution in [-0.2, 0) is 16.0 Å². The van der Waals surface area contributed by atoms with Gasteiger partial charge in [-0.1, -0.05) is 33.6 Å². The molecule has 2 saturated heterocycles. The number of fused-ring (bicyclic) bond motifs is 2. The van der Waals surface area contributed by atoms with Gasteiger partial charge in [0.15, 0.2) is 0 Å². The molecule has 3 heterocycles. The molecule has 0 aromatic carbocycles. The molecule has 3 aliphatic carbocycles. The number of aliphatic hydroxyl groups is 1. The van der Waals surface area contributed by atoms with Crippen LogP contribution in [0.1, 0.15) is 81.4 Å². The predicted octanol–water partition coefficient (Wildman–Crippen LogP) is 6.94. The van der Waals surface area contributed by atoms with E-state index in [1.807, 2.05) is 11.1 Å². The van der Waals surface area contributed by atoms with Crippen molar-refractivity contribution in [2.75, 3.05) is 26.2 Å². The van der Waals surface area contributed by atoms with Gasteiger partial charge in [0.2, 0.25) is 11.8 Å². The second-order valence-corrected chi connectivity index (χ2v) is 15.5. The maximum absolute atomic E-state index is 13.4. The van der Waals surface area contributed by atoms with Gasteiger partial charge in [-0.3, -0.25) is 14.6 Å². The molecule has 2 amide bonds. The van der Waals surface area contributed by atoms with Crippen LogP contribution >= 0.6 is 43.5 Å². The molecule has 6 nitrogen and oxygen atoms in total. The third kappa shape index (κ3) is 6.72. The first-order valence-corrected chi connectivity index (χ1v) is 17.9. The Morgan fingerprint density at radius 2 is 1.62 bits per heavy atom. The van der Waals surface area contributed by atoms with Crippen molar-refractivity contribution < 1.29 is 14.7 Å². The Morgan fingerprint density at radius 1 is 0.929 bits per heavy atom. The van der Waals surface area contributed by atoms with Gasteiger partial charge in [0.05, 0.1) is 6.10 Å². The van der Waals surface area contributed by atoms with Gasteiger partial charge in [-0.05, 0) is 116 Å². The lowest BCUT2D eigenvalue weighted by Gasteiger charge is -2.42. The molecule has 0 radical (unpaired) electrons. The molecule has 5 aliphatic rings. The van der Waals surface area contributed by atoms with Gasteiger partial charge in [0.25, 0.3) is 0 Å². The third-order valence-corrected chi connectivity index (χ3v) is 12.1. The van der Waals surface area contributed by atoms with Crippen molar-refractivity contribution in [2.45, 2.75) is 82.7 Å². The first-order chi connectivity index (χ1) is 20.3. The van der Waals surface area contributed by atoms with Gasteiger partial charge in [-0.15, -0.1) is 0 Å². The average Bonchev–Trinajstić information content (AvgIpc) is 3.14. The van der Waals surface area contributed by atoms with Crippen LogP contribution in [0.15, 0.2) is 38.4 Å². The van der Waals surface area contributed by atoms with Crippen LogP contribution in [0.5, 0.6) is 0 Å². The molecule has 2 aliphatic heterocycles. The molecule has 0 spiro atoms. The van der Waals surface area contributed by atoms with Crippen molar-refractivity contribution >= 4 is 55.3 Å². The Morgan fingerprint density at radius 3 is 2.33 bits per heavy atom. The molecule has 9 heteroatoms. The molecule has 228 valence electrons. The van der Waals surface area contributed by atoms with Crippen LogP contribution in [0.4, 0.5) is 0 Å². The summed E-state index contributed by atoms with van der Waals surface area (Å²) in [6, 6.07) is 2.24. The molecule has 1 aromatic rings. The van der Waals surface area contributed by atoms with Gasteiger partial charge < -0.3 is 14.9 Å². The quantitative estimate of drug-likeness (QED) is 0.366. The number of likely N-dealkylation sites (tertiary alicyclic amines) is 2. The summed E-state index contributed by atoms with van der Waals surface area (Å²) in [6.07, 6.45) is 15.5.